The number of aryl methyl sites for hydroxylation is 2. The van der Waals surface area contributed by atoms with Crippen LogP contribution in [0.15, 0.2) is 6.07 Å². The third kappa shape index (κ3) is 2.22. The Hall–Kier alpha value is -1.51. The van der Waals surface area contributed by atoms with E-state index in [1.807, 2.05) is 13.8 Å². The highest BCUT2D eigenvalue weighted by molar-refractivity contribution is 5.66. The Morgan fingerprint density at radius 3 is 2.67 bits per heavy atom. The average molecular weight is 247 g/mol. The number of benzene rings is 1. The van der Waals surface area contributed by atoms with Crippen molar-refractivity contribution in [2.45, 2.75) is 52.6 Å². The first-order valence-electron chi connectivity index (χ1n) is 6.31. The maximum absolute atomic E-state index is 10.8. The van der Waals surface area contributed by atoms with Gasteiger partial charge in [0.05, 0.1) is 0 Å². The second-order valence-corrected chi connectivity index (χ2v) is 5.54. The summed E-state index contributed by atoms with van der Waals surface area (Å²) in [5.74, 6) is -0.175. The summed E-state index contributed by atoms with van der Waals surface area (Å²) in [4.78, 5) is 10.8. The zero-order chi connectivity index (χ0) is 13.5. The molecule has 3 heteroatoms. The Morgan fingerprint density at radius 2 is 2.06 bits per heavy atom. The topological polar surface area (TPSA) is 49.4 Å². The summed E-state index contributed by atoms with van der Waals surface area (Å²) >= 11 is 0. The number of carboxylic acids is 1. The Kier molecular flexibility index (Phi) is 3.09. The zero-order valence-corrected chi connectivity index (χ0v) is 11.4. The molecule has 3 nitrogen and oxygen atoms in total. The van der Waals surface area contributed by atoms with Crippen molar-refractivity contribution in [2.75, 3.05) is 0 Å². The van der Waals surface area contributed by atoms with Gasteiger partial charge in [0.1, 0.15) is 11.4 Å². The minimum absolute atomic E-state index is 0.0567. The van der Waals surface area contributed by atoms with E-state index in [9.17, 15) is 9.90 Å². The van der Waals surface area contributed by atoms with Gasteiger partial charge >= 0.3 is 0 Å². The molecule has 0 amide bonds. The van der Waals surface area contributed by atoms with Crippen LogP contribution in [0.3, 0.4) is 0 Å². The standard InChI is InChI=1S/C15H20O3/c1-9-7-10(2)12-5-6-15(4,8-13(16)17)18-14(12)11(9)3/h7H,5-6,8H2,1-4H3,(H,16,17)/p-1. The largest absolute Gasteiger partial charge is 0.550 e. The van der Waals surface area contributed by atoms with Crippen LogP contribution < -0.4 is 9.84 Å². The molecular formula is C15H19O3-. The van der Waals surface area contributed by atoms with Crippen molar-refractivity contribution >= 4 is 5.97 Å². The molecular weight excluding hydrogens is 228 g/mol. The highest BCUT2D eigenvalue weighted by Gasteiger charge is 2.33. The average Bonchev–Trinajstić information content (AvgIpc) is 2.24. The van der Waals surface area contributed by atoms with Gasteiger partial charge in [-0.3, -0.25) is 0 Å². The third-order valence-corrected chi connectivity index (χ3v) is 3.89. The number of rotatable bonds is 2. The molecule has 0 N–H and O–H groups in total. The predicted molar refractivity (Wildman–Crippen MR) is 67.6 cm³/mol. The van der Waals surface area contributed by atoms with Crippen molar-refractivity contribution in [1.29, 1.82) is 0 Å². The van der Waals surface area contributed by atoms with Gasteiger partial charge in [0.15, 0.2) is 0 Å². The molecule has 1 aromatic carbocycles. The van der Waals surface area contributed by atoms with Crippen LogP contribution in [0, 0.1) is 20.8 Å². The van der Waals surface area contributed by atoms with Gasteiger partial charge < -0.3 is 14.6 Å². The van der Waals surface area contributed by atoms with E-state index in [4.69, 9.17) is 4.74 Å². The SMILES string of the molecule is Cc1cc(C)c2c(c1C)OC(C)(CC(=O)[O-])CC2. The molecule has 1 atom stereocenters. The molecule has 0 bridgehead atoms. The number of ether oxygens (including phenoxy) is 1. The lowest BCUT2D eigenvalue weighted by Gasteiger charge is -2.38. The molecule has 2 rings (SSSR count). The lowest BCUT2D eigenvalue weighted by atomic mass is 9.86. The minimum atomic E-state index is -1.05. The Bertz CT molecular complexity index is 505. The number of carboxylic acid groups (broad SMARTS) is 1. The molecule has 1 aliphatic rings. The highest BCUT2D eigenvalue weighted by Crippen LogP contribution is 2.40. The number of carbonyl (C=O) groups is 1. The summed E-state index contributed by atoms with van der Waals surface area (Å²) in [6, 6.07) is 2.17. The molecule has 0 spiro atoms. The first-order valence-corrected chi connectivity index (χ1v) is 6.31. The quantitative estimate of drug-likeness (QED) is 0.801. The van der Waals surface area contributed by atoms with Crippen molar-refractivity contribution in [2.24, 2.45) is 0 Å². The van der Waals surface area contributed by atoms with Crippen LogP contribution in [0.2, 0.25) is 0 Å². The Balaban J connectivity index is 2.42. The molecule has 0 radical (unpaired) electrons. The number of aliphatic carboxylic acids is 1. The van der Waals surface area contributed by atoms with Crippen LogP contribution in [0.4, 0.5) is 0 Å². The van der Waals surface area contributed by atoms with E-state index in [1.54, 1.807) is 0 Å². The van der Waals surface area contributed by atoms with Crippen molar-refractivity contribution < 1.29 is 14.6 Å². The fourth-order valence-corrected chi connectivity index (χ4v) is 2.67. The van der Waals surface area contributed by atoms with Gasteiger partial charge in [0.25, 0.3) is 0 Å². The Labute approximate surface area is 108 Å². The summed E-state index contributed by atoms with van der Waals surface area (Å²) in [5.41, 5.74) is 4.10. The molecule has 0 saturated carbocycles. The number of hydrogen-bond acceptors (Lipinski definition) is 3. The smallest absolute Gasteiger partial charge is 0.126 e. The molecule has 0 aliphatic carbocycles. The van der Waals surface area contributed by atoms with E-state index in [0.29, 0.717) is 0 Å². The van der Waals surface area contributed by atoms with Gasteiger partial charge in [-0.1, -0.05) is 6.07 Å². The summed E-state index contributed by atoms with van der Waals surface area (Å²) in [7, 11) is 0. The van der Waals surface area contributed by atoms with Gasteiger partial charge in [0, 0.05) is 12.4 Å². The van der Waals surface area contributed by atoms with E-state index in [2.05, 4.69) is 19.9 Å². The molecule has 18 heavy (non-hydrogen) atoms. The molecule has 1 aliphatic heterocycles. The fraction of sp³-hybridized carbons (Fsp3) is 0.533. The van der Waals surface area contributed by atoms with Crippen LogP contribution >= 0.6 is 0 Å². The van der Waals surface area contributed by atoms with Gasteiger partial charge in [0.2, 0.25) is 0 Å². The molecule has 1 heterocycles. The van der Waals surface area contributed by atoms with E-state index in [-0.39, 0.29) is 6.42 Å². The second-order valence-electron chi connectivity index (χ2n) is 5.54. The van der Waals surface area contributed by atoms with Crippen LogP contribution in [0.1, 0.15) is 42.0 Å². The summed E-state index contributed by atoms with van der Waals surface area (Å²) < 4.78 is 6.00. The normalized spacial score (nSPS) is 22.2. The molecule has 98 valence electrons. The Morgan fingerprint density at radius 1 is 1.39 bits per heavy atom. The third-order valence-electron chi connectivity index (χ3n) is 3.89. The molecule has 1 unspecified atom stereocenters. The molecule has 0 saturated heterocycles. The van der Waals surface area contributed by atoms with E-state index in [1.165, 1.54) is 16.7 Å². The van der Waals surface area contributed by atoms with Crippen LogP contribution in [0.25, 0.3) is 0 Å². The second kappa shape index (κ2) is 4.30. The minimum Gasteiger partial charge on any atom is -0.550 e. The van der Waals surface area contributed by atoms with Crippen LogP contribution in [-0.2, 0) is 11.2 Å². The summed E-state index contributed by atoms with van der Waals surface area (Å²) in [6.45, 7) is 8.01. The fourth-order valence-electron chi connectivity index (χ4n) is 2.67. The predicted octanol–water partition coefficient (Wildman–Crippen LogP) is 1.84. The maximum atomic E-state index is 10.8. The summed E-state index contributed by atoms with van der Waals surface area (Å²) in [5, 5.41) is 10.8. The lowest BCUT2D eigenvalue weighted by molar-refractivity contribution is -0.308. The van der Waals surface area contributed by atoms with Gasteiger partial charge in [-0.25, -0.2) is 0 Å². The van der Waals surface area contributed by atoms with Crippen LogP contribution in [0.5, 0.6) is 5.75 Å². The van der Waals surface area contributed by atoms with Gasteiger partial charge in [-0.05, 0) is 62.8 Å². The zero-order valence-electron chi connectivity index (χ0n) is 11.4. The van der Waals surface area contributed by atoms with E-state index >= 15 is 0 Å². The molecule has 0 fully saturated rings. The molecule has 0 aromatic heterocycles. The first kappa shape index (κ1) is 12.9. The number of carbonyl (C=O) groups excluding carboxylic acids is 1. The van der Waals surface area contributed by atoms with Gasteiger partial charge in [-0.15, -0.1) is 0 Å². The van der Waals surface area contributed by atoms with Crippen molar-refractivity contribution in [3.63, 3.8) is 0 Å². The number of fused-ring (bicyclic) bond motifs is 1. The van der Waals surface area contributed by atoms with E-state index < -0.39 is 11.6 Å². The van der Waals surface area contributed by atoms with E-state index in [0.717, 1.165) is 24.2 Å². The highest BCUT2D eigenvalue weighted by atomic mass is 16.5. The number of hydrogen-bond donors (Lipinski definition) is 0. The van der Waals surface area contributed by atoms with Crippen molar-refractivity contribution in [3.05, 3.63) is 28.3 Å². The molecule has 1 aromatic rings. The summed E-state index contributed by atoms with van der Waals surface area (Å²) in [6.07, 6.45) is 1.53. The first-order chi connectivity index (χ1) is 8.32. The van der Waals surface area contributed by atoms with Crippen molar-refractivity contribution in [1.82, 2.24) is 0 Å². The maximum Gasteiger partial charge on any atom is 0.126 e. The van der Waals surface area contributed by atoms with Crippen molar-refractivity contribution in [3.8, 4) is 5.75 Å². The monoisotopic (exact) mass is 247 g/mol. The lowest BCUT2D eigenvalue weighted by Crippen LogP contribution is -2.42. The van der Waals surface area contributed by atoms with Gasteiger partial charge in [-0.2, -0.15) is 0 Å². The van der Waals surface area contributed by atoms with Crippen LogP contribution in [-0.4, -0.2) is 11.6 Å².